The number of hydrogen-bond acceptors (Lipinski definition) is 5. The summed E-state index contributed by atoms with van der Waals surface area (Å²) in [5.74, 6) is 0. The number of aliphatic hydroxyl groups is 2. The molecular weight excluding hydrogens is 174 g/mol. The summed E-state index contributed by atoms with van der Waals surface area (Å²) >= 11 is 0. The predicted molar refractivity (Wildman–Crippen MR) is 46.2 cm³/mol. The van der Waals surface area contributed by atoms with Crippen molar-refractivity contribution in [1.82, 2.24) is 4.90 Å². The highest BCUT2D eigenvalue weighted by atomic mass is 16.7. The first-order valence-corrected chi connectivity index (χ1v) is 4.25. The molecule has 4 atom stereocenters. The number of ether oxygens (including phenoxy) is 2. The summed E-state index contributed by atoms with van der Waals surface area (Å²) in [5.41, 5.74) is 0. The minimum Gasteiger partial charge on any atom is -0.389 e. The summed E-state index contributed by atoms with van der Waals surface area (Å²) in [6, 6.07) is -0.335. The Bertz CT molecular complexity index is 164. The molecule has 0 aromatic carbocycles. The molecule has 4 unspecified atom stereocenters. The molecule has 5 heteroatoms. The fourth-order valence-electron chi connectivity index (χ4n) is 1.64. The van der Waals surface area contributed by atoms with E-state index >= 15 is 0 Å². The van der Waals surface area contributed by atoms with Gasteiger partial charge in [-0.3, -0.25) is 0 Å². The van der Waals surface area contributed by atoms with E-state index in [1.807, 2.05) is 0 Å². The lowest BCUT2D eigenvalue weighted by atomic mass is 10.0. The zero-order chi connectivity index (χ0) is 10.0. The number of aliphatic hydroxyl groups excluding tert-OH is 2. The van der Waals surface area contributed by atoms with Crippen LogP contribution in [0.3, 0.4) is 0 Å². The Morgan fingerprint density at radius 1 is 1.38 bits per heavy atom. The number of hydrogen-bond donors (Lipinski definition) is 2. The van der Waals surface area contributed by atoms with E-state index in [0.29, 0.717) is 0 Å². The molecule has 1 saturated heterocycles. The number of rotatable bonds is 2. The SMILES string of the molecule is COC1OCC(O)C(N(C)C)C1O. The molecule has 0 amide bonds. The van der Waals surface area contributed by atoms with Gasteiger partial charge in [0.2, 0.25) is 0 Å². The Labute approximate surface area is 77.9 Å². The molecule has 0 spiro atoms. The van der Waals surface area contributed by atoms with Crippen LogP contribution < -0.4 is 0 Å². The molecule has 0 aliphatic carbocycles. The van der Waals surface area contributed by atoms with E-state index in [1.165, 1.54) is 7.11 Å². The first-order chi connectivity index (χ1) is 6.07. The maximum absolute atomic E-state index is 9.72. The van der Waals surface area contributed by atoms with Crippen molar-refractivity contribution < 1.29 is 19.7 Å². The quantitative estimate of drug-likeness (QED) is 0.564. The van der Waals surface area contributed by atoms with E-state index < -0.39 is 18.5 Å². The first kappa shape index (κ1) is 10.9. The molecule has 1 aliphatic heterocycles. The molecule has 0 saturated carbocycles. The van der Waals surface area contributed by atoms with Crippen molar-refractivity contribution in [3.05, 3.63) is 0 Å². The second-order valence-corrected chi connectivity index (χ2v) is 3.45. The van der Waals surface area contributed by atoms with Gasteiger partial charge < -0.3 is 24.6 Å². The standard InChI is InChI=1S/C8H17NO4/c1-9(2)6-5(10)4-13-8(12-3)7(6)11/h5-8,10-11H,4H2,1-3H3. The second-order valence-electron chi connectivity index (χ2n) is 3.45. The van der Waals surface area contributed by atoms with Gasteiger partial charge in [0.05, 0.1) is 18.8 Å². The average Bonchev–Trinajstić information content (AvgIpc) is 2.04. The zero-order valence-corrected chi connectivity index (χ0v) is 8.17. The maximum atomic E-state index is 9.72. The molecule has 78 valence electrons. The van der Waals surface area contributed by atoms with Gasteiger partial charge in [-0.25, -0.2) is 0 Å². The molecule has 5 nitrogen and oxygen atoms in total. The van der Waals surface area contributed by atoms with Crippen LogP contribution in [0.1, 0.15) is 0 Å². The van der Waals surface area contributed by atoms with Gasteiger partial charge in [0.15, 0.2) is 6.29 Å². The third-order valence-electron chi connectivity index (χ3n) is 2.28. The van der Waals surface area contributed by atoms with Crippen molar-refractivity contribution in [2.45, 2.75) is 24.5 Å². The van der Waals surface area contributed by atoms with Crippen LogP contribution in [-0.2, 0) is 9.47 Å². The van der Waals surface area contributed by atoms with E-state index in [4.69, 9.17) is 9.47 Å². The van der Waals surface area contributed by atoms with Gasteiger partial charge in [-0.1, -0.05) is 0 Å². The smallest absolute Gasteiger partial charge is 0.184 e. The Balaban J connectivity index is 2.66. The summed E-state index contributed by atoms with van der Waals surface area (Å²) < 4.78 is 10.0. The van der Waals surface area contributed by atoms with E-state index in [2.05, 4.69) is 0 Å². The summed E-state index contributed by atoms with van der Waals surface area (Å²) in [6.45, 7) is 0.193. The van der Waals surface area contributed by atoms with Gasteiger partial charge in [-0.15, -0.1) is 0 Å². The van der Waals surface area contributed by atoms with Crippen molar-refractivity contribution in [2.75, 3.05) is 27.8 Å². The number of methoxy groups -OCH3 is 1. The van der Waals surface area contributed by atoms with Crippen molar-refractivity contribution in [2.24, 2.45) is 0 Å². The van der Waals surface area contributed by atoms with Crippen molar-refractivity contribution in [1.29, 1.82) is 0 Å². The van der Waals surface area contributed by atoms with Gasteiger partial charge in [0.25, 0.3) is 0 Å². The zero-order valence-electron chi connectivity index (χ0n) is 8.17. The lowest BCUT2D eigenvalue weighted by molar-refractivity contribution is -0.247. The maximum Gasteiger partial charge on any atom is 0.184 e. The highest BCUT2D eigenvalue weighted by molar-refractivity contribution is 4.88. The second kappa shape index (κ2) is 4.34. The van der Waals surface area contributed by atoms with Crippen LogP contribution in [0.2, 0.25) is 0 Å². The van der Waals surface area contributed by atoms with E-state index in [-0.39, 0.29) is 12.6 Å². The van der Waals surface area contributed by atoms with Crippen LogP contribution in [0.25, 0.3) is 0 Å². The number of nitrogens with zero attached hydrogens (tertiary/aromatic N) is 1. The van der Waals surface area contributed by atoms with Crippen molar-refractivity contribution in [3.63, 3.8) is 0 Å². The molecule has 13 heavy (non-hydrogen) atoms. The molecule has 1 rings (SSSR count). The summed E-state index contributed by atoms with van der Waals surface area (Å²) in [6.07, 6.45) is -2.13. The Hall–Kier alpha value is -0.200. The Kier molecular flexibility index (Phi) is 3.63. The monoisotopic (exact) mass is 191 g/mol. The van der Waals surface area contributed by atoms with Crippen molar-refractivity contribution in [3.8, 4) is 0 Å². The van der Waals surface area contributed by atoms with Crippen LogP contribution in [0.5, 0.6) is 0 Å². The van der Waals surface area contributed by atoms with Crippen LogP contribution in [0.15, 0.2) is 0 Å². The summed E-state index contributed by atoms with van der Waals surface area (Å²) in [5, 5.41) is 19.3. The van der Waals surface area contributed by atoms with E-state index in [0.717, 1.165) is 0 Å². The highest BCUT2D eigenvalue weighted by Gasteiger charge is 2.39. The fourth-order valence-corrected chi connectivity index (χ4v) is 1.64. The topological polar surface area (TPSA) is 62.2 Å². The van der Waals surface area contributed by atoms with E-state index in [1.54, 1.807) is 19.0 Å². The molecule has 1 heterocycles. The molecule has 0 aromatic heterocycles. The molecule has 1 aliphatic rings. The first-order valence-electron chi connectivity index (χ1n) is 4.25. The predicted octanol–water partition coefficient (Wildman–Crippen LogP) is -1.36. The van der Waals surface area contributed by atoms with Crippen molar-refractivity contribution >= 4 is 0 Å². The third kappa shape index (κ3) is 2.18. The Morgan fingerprint density at radius 2 is 2.00 bits per heavy atom. The van der Waals surface area contributed by atoms with Gasteiger partial charge in [-0.2, -0.15) is 0 Å². The normalized spacial score (nSPS) is 41.1. The summed E-state index contributed by atoms with van der Waals surface area (Å²) in [4.78, 5) is 1.77. The van der Waals surface area contributed by atoms with Crippen LogP contribution in [-0.4, -0.2) is 67.5 Å². The van der Waals surface area contributed by atoms with Gasteiger partial charge >= 0.3 is 0 Å². The largest absolute Gasteiger partial charge is 0.389 e. The van der Waals surface area contributed by atoms with Gasteiger partial charge in [0.1, 0.15) is 6.10 Å². The minimum atomic E-state index is -0.816. The molecule has 0 radical (unpaired) electrons. The van der Waals surface area contributed by atoms with Crippen LogP contribution in [0, 0.1) is 0 Å². The molecule has 1 fully saturated rings. The third-order valence-corrected chi connectivity index (χ3v) is 2.28. The van der Waals surface area contributed by atoms with E-state index in [9.17, 15) is 10.2 Å². The molecule has 0 aromatic rings. The lowest BCUT2D eigenvalue weighted by Crippen LogP contribution is -2.59. The number of likely N-dealkylation sites (N-methyl/N-ethyl adjacent to an activating group) is 1. The molecule has 2 N–H and O–H groups in total. The van der Waals surface area contributed by atoms with Crippen LogP contribution in [0.4, 0.5) is 0 Å². The Morgan fingerprint density at radius 3 is 2.46 bits per heavy atom. The fraction of sp³-hybridized carbons (Fsp3) is 1.00. The molecule has 0 bridgehead atoms. The lowest BCUT2D eigenvalue weighted by Gasteiger charge is -2.40. The summed E-state index contributed by atoms with van der Waals surface area (Å²) in [7, 11) is 5.07. The minimum absolute atomic E-state index is 0.193. The molecular formula is C8H17NO4. The average molecular weight is 191 g/mol. The highest BCUT2D eigenvalue weighted by Crippen LogP contribution is 2.19. The van der Waals surface area contributed by atoms with Gasteiger partial charge in [0, 0.05) is 7.11 Å². The van der Waals surface area contributed by atoms with Crippen LogP contribution >= 0.6 is 0 Å². The van der Waals surface area contributed by atoms with Gasteiger partial charge in [-0.05, 0) is 14.1 Å².